The van der Waals surface area contributed by atoms with Crippen molar-refractivity contribution in [1.82, 2.24) is 14.9 Å². The molecule has 3 heterocycles. The summed E-state index contributed by atoms with van der Waals surface area (Å²) in [5, 5.41) is 6.81. The van der Waals surface area contributed by atoms with E-state index in [2.05, 4.69) is 15.6 Å². The van der Waals surface area contributed by atoms with Gasteiger partial charge in [0.1, 0.15) is 5.82 Å². The molecule has 0 unspecified atom stereocenters. The Morgan fingerprint density at radius 3 is 2.93 bits per heavy atom. The second kappa shape index (κ2) is 3.06. The molecule has 1 fully saturated rings. The normalized spacial score (nSPS) is 22.4. The summed E-state index contributed by atoms with van der Waals surface area (Å²) in [6, 6.07) is 1.87. The SMILES string of the molecule is O=c1nccc2n1CC1(CCNCC1)N2. The van der Waals surface area contributed by atoms with E-state index in [1.165, 1.54) is 0 Å². The van der Waals surface area contributed by atoms with Crippen LogP contribution >= 0.6 is 0 Å². The van der Waals surface area contributed by atoms with Crippen molar-refractivity contribution in [1.29, 1.82) is 0 Å². The lowest BCUT2D eigenvalue weighted by Crippen LogP contribution is -2.47. The Balaban J connectivity index is 1.97. The topological polar surface area (TPSA) is 59.0 Å². The van der Waals surface area contributed by atoms with Crippen LogP contribution in [0.2, 0.25) is 0 Å². The molecule has 0 aliphatic carbocycles. The van der Waals surface area contributed by atoms with Gasteiger partial charge in [-0.3, -0.25) is 4.57 Å². The van der Waals surface area contributed by atoms with E-state index < -0.39 is 0 Å². The van der Waals surface area contributed by atoms with E-state index in [0.717, 1.165) is 38.3 Å². The maximum absolute atomic E-state index is 11.5. The number of anilines is 1. The molecule has 2 N–H and O–H groups in total. The molecule has 15 heavy (non-hydrogen) atoms. The van der Waals surface area contributed by atoms with E-state index in [-0.39, 0.29) is 11.2 Å². The lowest BCUT2D eigenvalue weighted by molar-refractivity contribution is 0.322. The molecule has 3 rings (SSSR count). The fourth-order valence-electron chi connectivity index (χ4n) is 2.50. The van der Waals surface area contributed by atoms with Gasteiger partial charge in [-0.05, 0) is 32.0 Å². The third kappa shape index (κ3) is 1.34. The van der Waals surface area contributed by atoms with Gasteiger partial charge in [0.15, 0.2) is 0 Å². The van der Waals surface area contributed by atoms with Gasteiger partial charge in [-0.25, -0.2) is 9.78 Å². The average molecular weight is 206 g/mol. The minimum atomic E-state index is -0.143. The molecule has 0 bridgehead atoms. The second-order valence-electron chi connectivity index (χ2n) is 4.35. The lowest BCUT2D eigenvalue weighted by atomic mass is 9.89. The average Bonchev–Trinajstić information content (AvgIpc) is 2.59. The molecule has 5 heteroatoms. The van der Waals surface area contributed by atoms with Crippen LogP contribution in [0.15, 0.2) is 17.1 Å². The Morgan fingerprint density at radius 2 is 2.20 bits per heavy atom. The van der Waals surface area contributed by atoms with Crippen molar-refractivity contribution < 1.29 is 0 Å². The van der Waals surface area contributed by atoms with Crippen molar-refractivity contribution in [2.24, 2.45) is 0 Å². The lowest BCUT2D eigenvalue weighted by Gasteiger charge is -2.33. The Hall–Kier alpha value is -1.36. The Morgan fingerprint density at radius 1 is 1.40 bits per heavy atom. The quantitative estimate of drug-likeness (QED) is 0.616. The number of hydrogen-bond acceptors (Lipinski definition) is 4. The highest BCUT2D eigenvalue weighted by Crippen LogP contribution is 2.31. The molecule has 0 saturated carbocycles. The van der Waals surface area contributed by atoms with Crippen LogP contribution in [0.4, 0.5) is 5.82 Å². The third-order valence-corrected chi connectivity index (χ3v) is 3.35. The van der Waals surface area contributed by atoms with Crippen LogP contribution in [0.5, 0.6) is 0 Å². The van der Waals surface area contributed by atoms with Crippen LogP contribution in [-0.2, 0) is 6.54 Å². The first kappa shape index (κ1) is 8.91. The summed E-state index contributed by atoms with van der Waals surface area (Å²) in [7, 11) is 0. The van der Waals surface area contributed by atoms with Crippen LogP contribution in [0.1, 0.15) is 12.8 Å². The zero-order chi connectivity index (χ0) is 10.3. The minimum Gasteiger partial charge on any atom is -0.364 e. The van der Waals surface area contributed by atoms with Crippen molar-refractivity contribution in [2.45, 2.75) is 24.9 Å². The first-order valence-corrected chi connectivity index (χ1v) is 5.34. The summed E-state index contributed by atoms with van der Waals surface area (Å²) in [5.74, 6) is 0.914. The molecule has 2 aliphatic rings. The minimum absolute atomic E-state index is 0.0838. The Labute approximate surface area is 87.5 Å². The second-order valence-corrected chi connectivity index (χ2v) is 4.35. The number of hydrogen-bond donors (Lipinski definition) is 2. The van der Waals surface area contributed by atoms with Crippen LogP contribution in [0.25, 0.3) is 0 Å². The van der Waals surface area contributed by atoms with Crippen molar-refractivity contribution in [3.05, 3.63) is 22.7 Å². The largest absolute Gasteiger partial charge is 0.364 e. The van der Waals surface area contributed by atoms with Crippen molar-refractivity contribution in [3.63, 3.8) is 0 Å². The molecular formula is C10H14N4O. The molecule has 0 amide bonds. The van der Waals surface area contributed by atoms with E-state index in [0.29, 0.717) is 0 Å². The Bertz CT molecular complexity index is 433. The maximum atomic E-state index is 11.5. The number of nitrogens with one attached hydrogen (secondary N) is 2. The maximum Gasteiger partial charge on any atom is 0.349 e. The van der Waals surface area contributed by atoms with E-state index in [9.17, 15) is 4.79 Å². The number of rotatable bonds is 0. The number of nitrogens with zero attached hydrogens (tertiary/aromatic N) is 2. The van der Waals surface area contributed by atoms with Gasteiger partial charge in [0, 0.05) is 6.20 Å². The molecule has 1 spiro atoms. The highest BCUT2D eigenvalue weighted by Gasteiger charge is 2.38. The highest BCUT2D eigenvalue weighted by molar-refractivity contribution is 5.42. The van der Waals surface area contributed by atoms with Crippen LogP contribution in [-0.4, -0.2) is 28.2 Å². The van der Waals surface area contributed by atoms with E-state index in [1.54, 1.807) is 10.8 Å². The van der Waals surface area contributed by atoms with Gasteiger partial charge in [0.2, 0.25) is 0 Å². The van der Waals surface area contributed by atoms with Gasteiger partial charge in [0.25, 0.3) is 0 Å². The standard InChI is InChI=1S/C10H14N4O/c15-9-12-4-1-8-13-10(7-14(8)9)2-5-11-6-3-10/h1,4,11,13H,2-3,5-7H2. The van der Waals surface area contributed by atoms with Crippen LogP contribution < -0.4 is 16.3 Å². The first-order chi connectivity index (χ1) is 7.29. The molecule has 0 radical (unpaired) electrons. The predicted molar refractivity (Wildman–Crippen MR) is 57.0 cm³/mol. The molecular weight excluding hydrogens is 192 g/mol. The molecule has 1 aromatic rings. The molecule has 80 valence electrons. The zero-order valence-corrected chi connectivity index (χ0v) is 8.49. The monoisotopic (exact) mass is 206 g/mol. The zero-order valence-electron chi connectivity index (χ0n) is 8.49. The van der Waals surface area contributed by atoms with Gasteiger partial charge >= 0.3 is 5.69 Å². The molecule has 0 aromatic carbocycles. The van der Waals surface area contributed by atoms with E-state index in [1.807, 2.05) is 6.07 Å². The summed E-state index contributed by atoms with van der Waals surface area (Å²) in [4.78, 5) is 15.3. The number of piperidine rings is 1. The molecule has 1 aromatic heterocycles. The predicted octanol–water partition coefficient (Wildman–Crippen LogP) is -0.209. The molecule has 0 atom stereocenters. The van der Waals surface area contributed by atoms with Gasteiger partial charge < -0.3 is 10.6 Å². The van der Waals surface area contributed by atoms with Crippen LogP contribution in [0.3, 0.4) is 0 Å². The third-order valence-electron chi connectivity index (χ3n) is 3.35. The fourth-order valence-corrected chi connectivity index (χ4v) is 2.50. The van der Waals surface area contributed by atoms with Crippen molar-refractivity contribution in [3.8, 4) is 0 Å². The molecule has 1 saturated heterocycles. The smallest absolute Gasteiger partial charge is 0.349 e. The number of aromatic nitrogens is 2. The van der Waals surface area contributed by atoms with Crippen molar-refractivity contribution in [2.75, 3.05) is 18.4 Å². The fraction of sp³-hybridized carbons (Fsp3) is 0.600. The molecule has 5 nitrogen and oxygen atoms in total. The summed E-state index contributed by atoms with van der Waals surface area (Å²) < 4.78 is 1.74. The van der Waals surface area contributed by atoms with Crippen LogP contribution in [0, 0.1) is 0 Å². The summed E-state index contributed by atoms with van der Waals surface area (Å²) in [6.07, 6.45) is 3.70. The van der Waals surface area contributed by atoms with E-state index >= 15 is 0 Å². The summed E-state index contributed by atoms with van der Waals surface area (Å²) >= 11 is 0. The summed E-state index contributed by atoms with van der Waals surface area (Å²) in [5.41, 5.74) is -0.0594. The summed E-state index contributed by atoms with van der Waals surface area (Å²) in [6.45, 7) is 2.79. The van der Waals surface area contributed by atoms with E-state index in [4.69, 9.17) is 0 Å². The van der Waals surface area contributed by atoms with Gasteiger partial charge in [-0.15, -0.1) is 0 Å². The molecule has 2 aliphatic heterocycles. The first-order valence-electron chi connectivity index (χ1n) is 5.34. The number of fused-ring (bicyclic) bond motifs is 1. The Kier molecular flexibility index (Phi) is 1.82. The van der Waals surface area contributed by atoms with Crippen molar-refractivity contribution >= 4 is 5.82 Å². The van der Waals surface area contributed by atoms with Gasteiger partial charge in [0.05, 0.1) is 12.1 Å². The van der Waals surface area contributed by atoms with Gasteiger partial charge in [-0.1, -0.05) is 0 Å². The van der Waals surface area contributed by atoms with Gasteiger partial charge in [-0.2, -0.15) is 0 Å². The highest BCUT2D eigenvalue weighted by atomic mass is 16.1.